The maximum Gasteiger partial charge on any atom is 0.324 e. The fraction of sp³-hybridized carbons (Fsp3) is 0.909. The van der Waals surface area contributed by atoms with Gasteiger partial charge in [-0.2, -0.15) is 0 Å². The van der Waals surface area contributed by atoms with Crippen LogP contribution in [0.5, 0.6) is 0 Å². The summed E-state index contributed by atoms with van der Waals surface area (Å²) in [5.41, 5.74) is 0. The topological polar surface area (TPSA) is 60.4 Å². The lowest BCUT2D eigenvalue weighted by Crippen LogP contribution is -2.33. The molecular weight excluding hydrogens is 228 g/mol. The van der Waals surface area contributed by atoms with E-state index in [1.54, 1.807) is 6.92 Å². The molecule has 5 heteroatoms. The van der Waals surface area contributed by atoms with Crippen molar-refractivity contribution in [1.82, 2.24) is 0 Å². The maximum atomic E-state index is 11.9. The molecule has 0 amide bonds. The van der Waals surface area contributed by atoms with E-state index < -0.39 is 21.1 Å². The fourth-order valence-electron chi connectivity index (χ4n) is 1.43. The number of esters is 1. The van der Waals surface area contributed by atoms with E-state index >= 15 is 0 Å². The van der Waals surface area contributed by atoms with E-state index in [2.05, 4.69) is 0 Å². The van der Waals surface area contributed by atoms with E-state index in [1.807, 2.05) is 13.8 Å². The van der Waals surface area contributed by atoms with Crippen molar-refractivity contribution in [3.63, 3.8) is 0 Å². The largest absolute Gasteiger partial charge is 0.465 e. The van der Waals surface area contributed by atoms with Crippen LogP contribution in [0, 0.1) is 0 Å². The Labute approximate surface area is 98.3 Å². The Kier molecular flexibility index (Phi) is 7.38. The van der Waals surface area contributed by atoms with E-state index in [-0.39, 0.29) is 12.4 Å². The molecule has 0 radical (unpaired) electrons. The lowest BCUT2D eigenvalue weighted by molar-refractivity contribution is -0.142. The second-order valence-corrected chi connectivity index (χ2v) is 6.05. The van der Waals surface area contributed by atoms with Crippen LogP contribution in [0.25, 0.3) is 0 Å². The third-order valence-electron chi connectivity index (χ3n) is 2.32. The Bertz CT molecular complexity index is 295. The fourth-order valence-corrected chi connectivity index (χ4v) is 3.36. The molecular formula is C11H22O4S. The van der Waals surface area contributed by atoms with Crippen molar-refractivity contribution in [2.24, 2.45) is 0 Å². The van der Waals surface area contributed by atoms with Crippen LogP contribution in [-0.2, 0) is 19.4 Å². The molecule has 0 aliphatic heterocycles. The molecule has 16 heavy (non-hydrogen) atoms. The molecule has 4 nitrogen and oxygen atoms in total. The number of ether oxygens (including phenoxy) is 1. The molecule has 0 fully saturated rings. The van der Waals surface area contributed by atoms with Crippen LogP contribution in [0.15, 0.2) is 0 Å². The summed E-state index contributed by atoms with van der Waals surface area (Å²) >= 11 is 0. The van der Waals surface area contributed by atoms with Crippen molar-refractivity contribution >= 4 is 15.8 Å². The Morgan fingerprint density at radius 1 is 1.19 bits per heavy atom. The number of unbranched alkanes of at least 4 members (excludes halogenated alkanes) is 1. The van der Waals surface area contributed by atoms with Crippen LogP contribution in [0.3, 0.4) is 0 Å². The quantitative estimate of drug-likeness (QED) is 0.618. The van der Waals surface area contributed by atoms with E-state index in [1.165, 1.54) is 0 Å². The van der Waals surface area contributed by atoms with Crippen LogP contribution in [-0.4, -0.2) is 32.0 Å². The van der Waals surface area contributed by atoms with Gasteiger partial charge in [-0.3, -0.25) is 4.79 Å². The van der Waals surface area contributed by atoms with Crippen LogP contribution in [0.1, 0.15) is 46.5 Å². The summed E-state index contributed by atoms with van der Waals surface area (Å²) in [6, 6.07) is 0. The summed E-state index contributed by atoms with van der Waals surface area (Å²) < 4.78 is 28.6. The second-order valence-electron chi connectivity index (χ2n) is 3.75. The van der Waals surface area contributed by atoms with Crippen molar-refractivity contribution in [3.8, 4) is 0 Å². The first-order valence-corrected chi connectivity index (χ1v) is 7.59. The molecule has 96 valence electrons. The molecule has 1 atom stereocenters. The average Bonchev–Trinajstić information content (AvgIpc) is 2.23. The van der Waals surface area contributed by atoms with E-state index in [9.17, 15) is 13.2 Å². The molecule has 0 aromatic heterocycles. The zero-order chi connectivity index (χ0) is 12.6. The molecule has 0 N–H and O–H groups in total. The first-order valence-electron chi connectivity index (χ1n) is 5.87. The number of sulfone groups is 1. The summed E-state index contributed by atoms with van der Waals surface area (Å²) in [5.74, 6) is -0.520. The third kappa shape index (κ3) is 4.96. The smallest absolute Gasteiger partial charge is 0.324 e. The molecule has 0 aliphatic rings. The first kappa shape index (κ1) is 15.4. The minimum absolute atomic E-state index is 0.0764. The van der Waals surface area contributed by atoms with Gasteiger partial charge in [0.2, 0.25) is 0 Å². The molecule has 0 aliphatic carbocycles. The van der Waals surface area contributed by atoms with Crippen molar-refractivity contribution in [3.05, 3.63) is 0 Å². The zero-order valence-corrected chi connectivity index (χ0v) is 11.2. The molecule has 0 aromatic carbocycles. The van der Waals surface area contributed by atoms with Gasteiger partial charge >= 0.3 is 5.97 Å². The molecule has 0 saturated heterocycles. The lowest BCUT2D eigenvalue weighted by Gasteiger charge is -2.15. The Morgan fingerprint density at radius 2 is 1.81 bits per heavy atom. The molecule has 0 bridgehead atoms. The highest BCUT2D eigenvalue weighted by Gasteiger charge is 2.32. The monoisotopic (exact) mass is 250 g/mol. The number of hydrogen-bond acceptors (Lipinski definition) is 4. The van der Waals surface area contributed by atoms with Crippen molar-refractivity contribution < 1.29 is 17.9 Å². The maximum absolute atomic E-state index is 11.9. The normalized spacial score (nSPS) is 13.4. The highest BCUT2D eigenvalue weighted by atomic mass is 32.2. The van der Waals surface area contributed by atoms with Crippen LogP contribution < -0.4 is 0 Å². The highest BCUT2D eigenvalue weighted by molar-refractivity contribution is 7.92. The summed E-state index contributed by atoms with van der Waals surface area (Å²) in [4.78, 5) is 11.5. The SMILES string of the molecule is CCCCS(=O)(=O)C(CCC)C(=O)OCC. The second kappa shape index (κ2) is 7.65. The van der Waals surface area contributed by atoms with Gasteiger partial charge in [0.15, 0.2) is 15.1 Å². The van der Waals surface area contributed by atoms with Crippen molar-refractivity contribution in [1.29, 1.82) is 0 Å². The summed E-state index contributed by atoms with van der Waals surface area (Å²) in [6.07, 6.45) is 2.42. The minimum atomic E-state index is -3.34. The summed E-state index contributed by atoms with van der Waals surface area (Å²) in [5, 5.41) is -0.969. The van der Waals surface area contributed by atoms with Gasteiger partial charge in [-0.1, -0.05) is 26.7 Å². The van der Waals surface area contributed by atoms with E-state index in [4.69, 9.17) is 4.74 Å². The van der Waals surface area contributed by atoms with Crippen molar-refractivity contribution in [2.45, 2.75) is 51.7 Å². The number of rotatable bonds is 8. The summed E-state index contributed by atoms with van der Waals surface area (Å²) in [7, 11) is -3.34. The molecule has 0 rings (SSSR count). The Balaban J connectivity index is 4.68. The van der Waals surface area contributed by atoms with Gasteiger partial charge in [-0.05, 0) is 19.8 Å². The average molecular weight is 250 g/mol. The van der Waals surface area contributed by atoms with Gasteiger partial charge in [-0.15, -0.1) is 0 Å². The van der Waals surface area contributed by atoms with E-state index in [0.29, 0.717) is 19.3 Å². The van der Waals surface area contributed by atoms with Crippen LogP contribution >= 0.6 is 0 Å². The first-order chi connectivity index (χ1) is 7.49. The third-order valence-corrected chi connectivity index (χ3v) is 4.47. The van der Waals surface area contributed by atoms with Gasteiger partial charge in [0.05, 0.1) is 12.4 Å². The Hall–Kier alpha value is -0.580. The Morgan fingerprint density at radius 3 is 2.25 bits per heavy atom. The molecule has 0 heterocycles. The van der Waals surface area contributed by atoms with Gasteiger partial charge in [0.1, 0.15) is 0 Å². The molecule has 0 aromatic rings. The van der Waals surface area contributed by atoms with Gasteiger partial charge in [0.25, 0.3) is 0 Å². The van der Waals surface area contributed by atoms with Gasteiger partial charge in [0, 0.05) is 0 Å². The molecule has 0 saturated carbocycles. The number of hydrogen-bond donors (Lipinski definition) is 0. The highest BCUT2D eigenvalue weighted by Crippen LogP contribution is 2.13. The molecule has 1 unspecified atom stereocenters. The predicted molar refractivity (Wildman–Crippen MR) is 64.0 cm³/mol. The minimum Gasteiger partial charge on any atom is -0.465 e. The lowest BCUT2D eigenvalue weighted by atomic mass is 10.2. The molecule has 0 spiro atoms. The van der Waals surface area contributed by atoms with E-state index in [0.717, 1.165) is 6.42 Å². The summed E-state index contributed by atoms with van der Waals surface area (Å²) in [6.45, 7) is 5.69. The van der Waals surface area contributed by atoms with Gasteiger partial charge < -0.3 is 4.74 Å². The van der Waals surface area contributed by atoms with Crippen LogP contribution in [0.4, 0.5) is 0 Å². The zero-order valence-electron chi connectivity index (χ0n) is 10.4. The standard InChI is InChI=1S/C11H22O4S/c1-4-7-9-16(13,14)10(8-5-2)11(12)15-6-3/h10H,4-9H2,1-3H3. The number of carbonyl (C=O) groups is 1. The van der Waals surface area contributed by atoms with Crippen LogP contribution in [0.2, 0.25) is 0 Å². The predicted octanol–water partition coefficient (Wildman–Crippen LogP) is 1.93. The van der Waals surface area contributed by atoms with Crippen molar-refractivity contribution in [2.75, 3.05) is 12.4 Å². The van der Waals surface area contributed by atoms with Gasteiger partial charge in [-0.25, -0.2) is 8.42 Å². The number of carbonyl (C=O) groups excluding carboxylic acids is 1.